The molecule has 1 aliphatic rings. The number of hydrogen-bond acceptors (Lipinski definition) is 2. The fourth-order valence-corrected chi connectivity index (χ4v) is 3.00. The van der Waals surface area contributed by atoms with E-state index >= 15 is 0 Å². The second kappa shape index (κ2) is 5.79. The Kier molecular flexibility index (Phi) is 4.42. The van der Waals surface area contributed by atoms with Gasteiger partial charge in [0.1, 0.15) is 5.60 Å². The molecule has 1 fully saturated rings. The molecule has 116 valence electrons. The summed E-state index contributed by atoms with van der Waals surface area (Å²) in [5, 5.41) is 0. The van der Waals surface area contributed by atoms with E-state index < -0.39 is 17.3 Å². The monoisotopic (exact) mass is 300 g/mol. The minimum Gasteiger partial charge on any atom is -0.367 e. The van der Waals surface area contributed by atoms with Crippen LogP contribution >= 0.6 is 0 Å². The summed E-state index contributed by atoms with van der Waals surface area (Å²) in [5.41, 5.74) is -0.896. The van der Waals surface area contributed by atoms with Gasteiger partial charge in [-0.2, -0.15) is 13.2 Å². The zero-order valence-corrected chi connectivity index (χ0v) is 12.2. The molecule has 0 aromatic heterocycles. The van der Waals surface area contributed by atoms with Gasteiger partial charge in [-0.25, -0.2) is 0 Å². The maximum absolute atomic E-state index is 12.7. The number of aryl methyl sites for hydroxylation is 1. The van der Waals surface area contributed by atoms with E-state index in [0.29, 0.717) is 30.6 Å². The van der Waals surface area contributed by atoms with Gasteiger partial charge in [0, 0.05) is 12.2 Å². The van der Waals surface area contributed by atoms with Gasteiger partial charge in [0.15, 0.2) is 5.78 Å². The normalized spacial score (nSPS) is 18.0. The molecule has 0 saturated heterocycles. The van der Waals surface area contributed by atoms with E-state index in [1.807, 2.05) is 6.92 Å². The molecule has 1 saturated carbocycles. The molecule has 1 aromatic rings. The van der Waals surface area contributed by atoms with Crippen molar-refractivity contribution in [2.45, 2.75) is 51.3 Å². The van der Waals surface area contributed by atoms with Gasteiger partial charge in [0.05, 0.1) is 5.56 Å². The Morgan fingerprint density at radius 3 is 2.38 bits per heavy atom. The zero-order valence-electron chi connectivity index (χ0n) is 12.2. The number of halogens is 3. The molecule has 2 nitrogen and oxygen atoms in total. The van der Waals surface area contributed by atoms with Crippen molar-refractivity contribution in [2.75, 3.05) is 6.61 Å². The van der Waals surface area contributed by atoms with Crippen LogP contribution in [0.25, 0.3) is 0 Å². The molecule has 0 amide bonds. The molecular weight excluding hydrogens is 281 g/mol. The highest BCUT2D eigenvalue weighted by Crippen LogP contribution is 2.38. The van der Waals surface area contributed by atoms with E-state index in [-0.39, 0.29) is 5.78 Å². The largest absolute Gasteiger partial charge is 0.416 e. The first-order valence-electron chi connectivity index (χ1n) is 7.17. The van der Waals surface area contributed by atoms with Crippen molar-refractivity contribution in [1.29, 1.82) is 0 Å². The number of rotatable bonds is 4. The Labute approximate surface area is 122 Å². The molecule has 0 atom stereocenters. The molecule has 0 unspecified atom stereocenters. The minimum absolute atomic E-state index is 0.187. The lowest BCUT2D eigenvalue weighted by Crippen LogP contribution is -2.39. The Hall–Kier alpha value is -1.36. The van der Waals surface area contributed by atoms with Crippen LogP contribution in [0.5, 0.6) is 0 Å². The van der Waals surface area contributed by atoms with Crippen molar-refractivity contribution in [3.05, 3.63) is 34.9 Å². The van der Waals surface area contributed by atoms with Crippen LogP contribution in [0.4, 0.5) is 13.2 Å². The van der Waals surface area contributed by atoms with E-state index in [1.165, 1.54) is 13.0 Å². The zero-order chi connectivity index (χ0) is 15.7. The first kappa shape index (κ1) is 16.0. The van der Waals surface area contributed by atoms with Crippen molar-refractivity contribution >= 4 is 5.78 Å². The summed E-state index contributed by atoms with van der Waals surface area (Å²) in [5.74, 6) is -0.187. The summed E-state index contributed by atoms with van der Waals surface area (Å²) >= 11 is 0. The van der Waals surface area contributed by atoms with Gasteiger partial charge >= 0.3 is 6.18 Å². The Morgan fingerprint density at radius 2 is 1.90 bits per heavy atom. The summed E-state index contributed by atoms with van der Waals surface area (Å²) < 4.78 is 43.8. The number of ketones is 1. The van der Waals surface area contributed by atoms with Crippen LogP contribution in [-0.4, -0.2) is 18.0 Å². The van der Waals surface area contributed by atoms with Crippen LogP contribution in [0.2, 0.25) is 0 Å². The van der Waals surface area contributed by atoms with E-state index in [1.54, 1.807) is 0 Å². The molecular formula is C16H19F3O2. The van der Waals surface area contributed by atoms with Crippen molar-refractivity contribution in [3.8, 4) is 0 Å². The molecule has 0 spiro atoms. The fraction of sp³-hybridized carbons (Fsp3) is 0.562. The summed E-state index contributed by atoms with van der Waals surface area (Å²) in [4.78, 5) is 12.7. The number of hydrogen-bond donors (Lipinski definition) is 0. The first-order chi connectivity index (χ1) is 9.80. The van der Waals surface area contributed by atoms with E-state index in [4.69, 9.17) is 4.74 Å². The third-order valence-corrected chi connectivity index (χ3v) is 4.04. The predicted molar refractivity (Wildman–Crippen MR) is 73.3 cm³/mol. The van der Waals surface area contributed by atoms with Crippen LogP contribution in [-0.2, 0) is 10.9 Å². The van der Waals surface area contributed by atoms with Gasteiger partial charge in [-0.15, -0.1) is 0 Å². The molecule has 21 heavy (non-hydrogen) atoms. The van der Waals surface area contributed by atoms with E-state index in [9.17, 15) is 18.0 Å². The molecule has 0 N–H and O–H groups in total. The number of ether oxygens (including phenoxy) is 1. The quantitative estimate of drug-likeness (QED) is 0.763. The van der Waals surface area contributed by atoms with Crippen LogP contribution in [0.15, 0.2) is 18.2 Å². The lowest BCUT2D eigenvalue weighted by Gasteiger charge is -2.28. The molecule has 0 aliphatic heterocycles. The predicted octanol–water partition coefficient (Wildman–Crippen LogP) is 4.55. The molecule has 1 aliphatic carbocycles. The molecule has 1 aromatic carbocycles. The molecule has 0 heterocycles. The highest BCUT2D eigenvalue weighted by Gasteiger charge is 2.43. The van der Waals surface area contributed by atoms with Crippen molar-refractivity contribution in [3.63, 3.8) is 0 Å². The second-order valence-corrected chi connectivity index (χ2v) is 5.49. The average molecular weight is 300 g/mol. The summed E-state index contributed by atoms with van der Waals surface area (Å²) in [7, 11) is 0. The van der Waals surface area contributed by atoms with Crippen LogP contribution in [0.3, 0.4) is 0 Å². The average Bonchev–Trinajstić information content (AvgIpc) is 2.87. The minimum atomic E-state index is -4.39. The van der Waals surface area contributed by atoms with E-state index in [2.05, 4.69) is 0 Å². The number of alkyl halides is 3. The molecule has 2 rings (SSSR count). The Bertz CT molecular complexity index is 529. The molecule has 0 bridgehead atoms. The lowest BCUT2D eigenvalue weighted by molar-refractivity contribution is -0.137. The van der Waals surface area contributed by atoms with Crippen molar-refractivity contribution in [2.24, 2.45) is 0 Å². The van der Waals surface area contributed by atoms with Crippen LogP contribution < -0.4 is 0 Å². The standard InChI is InChI=1S/C16H19F3O2/c1-3-21-15(8-4-5-9-15)14(20)13-7-6-12(10-11(13)2)16(17,18)19/h6-7,10H,3-5,8-9H2,1-2H3. The summed E-state index contributed by atoms with van der Waals surface area (Å²) in [6.07, 6.45) is -1.30. The molecule has 5 heteroatoms. The van der Waals surface area contributed by atoms with Crippen LogP contribution in [0.1, 0.15) is 54.1 Å². The van der Waals surface area contributed by atoms with Crippen molar-refractivity contribution in [1.82, 2.24) is 0 Å². The van der Waals surface area contributed by atoms with Gasteiger partial charge in [0.25, 0.3) is 0 Å². The van der Waals surface area contributed by atoms with Crippen LogP contribution in [0, 0.1) is 6.92 Å². The van der Waals surface area contributed by atoms with E-state index in [0.717, 1.165) is 25.0 Å². The van der Waals surface area contributed by atoms with Crippen molar-refractivity contribution < 1.29 is 22.7 Å². The maximum atomic E-state index is 12.7. The Balaban J connectivity index is 2.35. The highest BCUT2D eigenvalue weighted by molar-refractivity contribution is 6.03. The third-order valence-electron chi connectivity index (χ3n) is 4.04. The lowest BCUT2D eigenvalue weighted by atomic mass is 9.88. The number of benzene rings is 1. The summed E-state index contributed by atoms with van der Waals surface area (Å²) in [6, 6.07) is 3.27. The second-order valence-electron chi connectivity index (χ2n) is 5.49. The fourth-order valence-electron chi connectivity index (χ4n) is 3.00. The number of carbonyl (C=O) groups excluding carboxylic acids is 1. The third kappa shape index (κ3) is 3.12. The molecule has 0 radical (unpaired) electrons. The highest BCUT2D eigenvalue weighted by atomic mass is 19.4. The topological polar surface area (TPSA) is 26.3 Å². The number of Topliss-reactive ketones (excluding diaryl/α,β-unsaturated/α-hetero) is 1. The first-order valence-corrected chi connectivity index (χ1v) is 7.17. The summed E-state index contributed by atoms with van der Waals surface area (Å²) in [6.45, 7) is 3.79. The number of carbonyl (C=O) groups is 1. The van der Waals surface area contributed by atoms with Gasteiger partial charge < -0.3 is 4.74 Å². The SMILES string of the molecule is CCOC1(C(=O)c2ccc(C(F)(F)F)cc2C)CCCC1. The Morgan fingerprint density at radius 1 is 1.29 bits per heavy atom. The van der Waals surface area contributed by atoms with Gasteiger partial charge in [-0.1, -0.05) is 6.07 Å². The van der Waals surface area contributed by atoms with Gasteiger partial charge in [-0.3, -0.25) is 4.79 Å². The van der Waals surface area contributed by atoms with Gasteiger partial charge in [-0.05, 0) is 57.2 Å². The maximum Gasteiger partial charge on any atom is 0.416 e. The smallest absolute Gasteiger partial charge is 0.367 e. The van der Waals surface area contributed by atoms with Gasteiger partial charge in [0.2, 0.25) is 0 Å².